The summed E-state index contributed by atoms with van der Waals surface area (Å²) in [4.78, 5) is 13.1. The Bertz CT molecular complexity index is 691. The maximum Gasteiger partial charge on any atom is 0.405 e. The summed E-state index contributed by atoms with van der Waals surface area (Å²) >= 11 is 0. The molecule has 2 amide bonds. The Labute approximate surface area is 130 Å². The number of hydrogen-bond acceptors (Lipinski definition) is 3. The molecule has 0 aliphatic carbocycles. The molecule has 1 aliphatic rings. The number of halogens is 3. The van der Waals surface area contributed by atoms with Crippen molar-refractivity contribution < 1.29 is 18.0 Å². The number of pyridine rings is 1. The van der Waals surface area contributed by atoms with E-state index in [1.807, 2.05) is 34.1 Å². The van der Waals surface area contributed by atoms with Crippen molar-refractivity contribution in [2.24, 2.45) is 0 Å². The second kappa shape index (κ2) is 6.05. The molecule has 0 unspecified atom stereocenters. The van der Waals surface area contributed by atoms with Crippen molar-refractivity contribution in [1.29, 1.82) is 0 Å². The highest BCUT2D eigenvalue weighted by atomic mass is 19.4. The van der Waals surface area contributed by atoms with Crippen LogP contribution in [0.1, 0.15) is 24.6 Å². The van der Waals surface area contributed by atoms with Crippen LogP contribution < -0.4 is 5.32 Å². The number of nitrogens with zero attached hydrogens (tertiary/aromatic N) is 4. The Kier molecular flexibility index (Phi) is 4.10. The summed E-state index contributed by atoms with van der Waals surface area (Å²) in [7, 11) is 0. The number of rotatable bonds is 2. The fourth-order valence-electron chi connectivity index (χ4n) is 2.77. The zero-order chi connectivity index (χ0) is 16.4. The molecular formula is C14H16F3N5O. The van der Waals surface area contributed by atoms with Crippen molar-refractivity contribution >= 4 is 11.7 Å². The number of likely N-dealkylation sites (tertiary alicyclic amines) is 1. The van der Waals surface area contributed by atoms with Crippen molar-refractivity contribution in [3.63, 3.8) is 0 Å². The van der Waals surface area contributed by atoms with Crippen LogP contribution in [0.4, 0.5) is 18.0 Å². The number of piperidine rings is 1. The van der Waals surface area contributed by atoms with Crippen LogP contribution in [0.3, 0.4) is 0 Å². The van der Waals surface area contributed by atoms with Gasteiger partial charge in [-0.15, -0.1) is 10.2 Å². The molecule has 0 atom stereocenters. The molecule has 1 N–H and O–H groups in total. The van der Waals surface area contributed by atoms with Crippen LogP contribution in [0.2, 0.25) is 0 Å². The van der Waals surface area contributed by atoms with Crippen LogP contribution >= 0.6 is 0 Å². The van der Waals surface area contributed by atoms with Gasteiger partial charge >= 0.3 is 12.2 Å². The van der Waals surface area contributed by atoms with E-state index in [4.69, 9.17) is 0 Å². The number of carbonyl (C=O) groups is 1. The molecule has 2 aromatic heterocycles. The molecule has 2 aromatic rings. The maximum absolute atomic E-state index is 12.1. The standard InChI is InChI=1S/C14H16F3N5O/c15-14(16,17)9-18-13(23)21-7-4-10(5-8-21)12-20-19-11-3-1-2-6-22(11)12/h1-3,6,10H,4-5,7-9H2,(H,18,23). The van der Waals surface area contributed by atoms with Crippen molar-refractivity contribution in [2.75, 3.05) is 19.6 Å². The number of carbonyl (C=O) groups excluding carboxylic acids is 1. The van der Waals surface area contributed by atoms with Gasteiger partial charge in [0.05, 0.1) is 0 Å². The number of urea groups is 1. The van der Waals surface area contributed by atoms with Gasteiger partial charge in [0.2, 0.25) is 0 Å². The van der Waals surface area contributed by atoms with Crippen LogP contribution in [0.5, 0.6) is 0 Å². The highest BCUT2D eigenvalue weighted by molar-refractivity contribution is 5.74. The van der Waals surface area contributed by atoms with Gasteiger partial charge in [-0.2, -0.15) is 13.2 Å². The Morgan fingerprint density at radius 2 is 2.00 bits per heavy atom. The molecule has 124 valence electrons. The number of fused-ring (bicyclic) bond motifs is 1. The molecule has 0 spiro atoms. The Morgan fingerprint density at radius 1 is 1.26 bits per heavy atom. The summed E-state index contributed by atoms with van der Waals surface area (Å²) in [5.74, 6) is 0.968. The molecule has 1 aliphatic heterocycles. The summed E-state index contributed by atoms with van der Waals surface area (Å²) in [5.41, 5.74) is 0.757. The van der Waals surface area contributed by atoms with E-state index in [-0.39, 0.29) is 5.92 Å². The van der Waals surface area contributed by atoms with Crippen LogP contribution in [-0.4, -0.2) is 51.3 Å². The van der Waals surface area contributed by atoms with E-state index in [0.29, 0.717) is 25.9 Å². The predicted octanol–water partition coefficient (Wildman–Crippen LogP) is 2.18. The lowest BCUT2D eigenvalue weighted by Gasteiger charge is -2.31. The Morgan fingerprint density at radius 3 is 2.70 bits per heavy atom. The van der Waals surface area contributed by atoms with E-state index in [1.165, 1.54) is 4.90 Å². The van der Waals surface area contributed by atoms with E-state index in [9.17, 15) is 18.0 Å². The molecule has 3 rings (SSSR count). The summed E-state index contributed by atoms with van der Waals surface area (Å²) in [6, 6.07) is 4.95. The molecule has 6 nitrogen and oxygen atoms in total. The molecule has 1 saturated heterocycles. The van der Waals surface area contributed by atoms with Gasteiger partial charge in [-0.3, -0.25) is 4.40 Å². The molecule has 9 heteroatoms. The van der Waals surface area contributed by atoms with Gasteiger partial charge < -0.3 is 10.2 Å². The minimum Gasteiger partial charge on any atom is -0.329 e. The first-order valence-corrected chi connectivity index (χ1v) is 7.33. The van der Waals surface area contributed by atoms with Crippen LogP contribution in [0, 0.1) is 0 Å². The average molecular weight is 327 g/mol. The number of hydrogen-bond donors (Lipinski definition) is 1. The van der Waals surface area contributed by atoms with Gasteiger partial charge in [0.1, 0.15) is 12.4 Å². The average Bonchev–Trinajstić information content (AvgIpc) is 2.96. The minimum absolute atomic E-state index is 0.138. The lowest BCUT2D eigenvalue weighted by Crippen LogP contribution is -2.46. The molecule has 23 heavy (non-hydrogen) atoms. The van der Waals surface area contributed by atoms with Crippen molar-refractivity contribution in [3.05, 3.63) is 30.2 Å². The first kappa shape index (κ1) is 15.6. The molecule has 1 fully saturated rings. The van der Waals surface area contributed by atoms with Gasteiger partial charge in [0.25, 0.3) is 0 Å². The van der Waals surface area contributed by atoms with Gasteiger partial charge in [0.15, 0.2) is 5.65 Å². The number of aromatic nitrogens is 3. The normalized spacial score (nSPS) is 16.7. The lowest BCUT2D eigenvalue weighted by atomic mass is 9.96. The molecule has 0 aromatic carbocycles. The largest absolute Gasteiger partial charge is 0.405 e. The van der Waals surface area contributed by atoms with Crippen LogP contribution in [0.25, 0.3) is 5.65 Å². The number of amides is 2. The van der Waals surface area contributed by atoms with Gasteiger partial charge in [-0.05, 0) is 25.0 Å². The van der Waals surface area contributed by atoms with Crippen molar-refractivity contribution in [2.45, 2.75) is 24.9 Å². The van der Waals surface area contributed by atoms with Gasteiger partial charge in [-0.1, -0.05) is 6.07 Å². The molecular weight excluding hydrogens is 311 g/mol. The Balaban J connectivity index is 1.59. The van der Waals surface area contributed by atoms with Crippen LogP contribution in [0.15, 0.2) is 24.4 Å². The van der Waals surface area contributed by atoms with E-state index in [2.05, 4.69) is 10.2 Å². The van der Waals surface area contributed by atoms with Gasteiger partial charge in [0, 0.05) is 25.2 Å². The molecule has 0 saturated carbocycles. The third-order valence-corrected chi connectivity index (χ3v) is 3.93. The smallest absolute Gasteiger partial charge is 0.329 e. The lowest BCUT2D eigenvalue weighted by molar-refractivity contribution is -0.123. The third kappa shape index (κ3) is 3.54. The summed E-state index contributed by atoms with van der Waals surface area (Å²) in [6.07, 6.45) is -1.22. The first-order chi connectivity index (χ1) is 10.9. The summed E-state index contributed by atoms with van der Waals surface area (Å²) in [5, 5.41) is 10.2. The summed E-state index contributed by atoms with van der Waals surface area (Å²) < 4.78 is 38.3. The van der Waals surface area contributed by atoms with Crippen LogP contribution in [-0.2, 0) is 0 Å². The monoisotopic (exact) mass is 327 g/mol. The fourth-order valence-corrected chi connectivity index (χ4v) is 2.77. The van der Waals surface area contributed by atoms with E-state index in [0.717, 1.165) is 11.5 Å². The van der Waals surface area contributed by atoms with E-state index >= 15 is 0 Å². The predicted molar refractivity (Wildman–Crippen MR) is 76.0 cm³/mol. The zero-order valence-corrected chi connectivity index (χ0v) is 12.3. The second-order valence-electron chi connectivity index (χ2n) is 5.52. The number of alkyl halides is 3. The molecule has 0 radical (unpaired) electrons. The summed E-state index contributed by atoms with van der Waals surface area (Å²) in [6.45, 7) is -0.507. The fraction of sp³-hybridized carbons (Fsp3) is 0.500. The maximum atomic E-state index is 12.1. The number of nitrogens with one attached hydrogen (secondary N) is 1. The van der Waals surface area contributed by atoms with Crippen molar-refractivity contribution in [1.82, 2.24) is 24.8 Å². The van der Waals surface area contributed by atoms with E-state index < -0.39 is 18.8 Å². The zero-order valence-electron chi connectivity index (χ0n) is 12.3. The highest BCUT2D eigenvalue weighted by Gasteiger charge is 2.31. The SMILES string of the molecule is O=C(NCC(F)(F)F)N1CCC(c2nnc3ccccn23)CC1. The third-order valence-electron chi connectivity index (χ3n) is 3.93. The molecule has 0 bridgehead atoms. The van der Waals surface area contributed by atoms with E-state index in [1.54, 1.807) is 0 Å². The molecule has 3 heterocycles. The first-order valence-electron chi connectivity index (χ1n) is 7.33. The quantitative estimate of drug-likeness (QED) is 0.920. The minimum atomic E-state index is -4.39. The Hall–Kier alpha value is -2.32. The van der Waals surface area contributed by atoms with Crippen molar-refractivity contribution in [3.8, 4) is 0 Å². The topological polar surface area (TPSA) is 62.5 Å². The van der Waals surface area contributed by atoms with Gasteiger partial charge in [-0.25, -0.2) is 4.79 Å². The second-order valence-corrected chi connectivity index (χ2v) is 5.52. The highest BCUT2D eigenvalue weighted by Crippen LogP contribution is 2.27.